The van der Waals surface area contributed by atoms with Crippen molar-refractivity contribution in [3.8, 4) is 0 Å². The van der Waals surface area contributed by atoms with Gasteiger partial charge in [-0.3, -0.25) is 14.6 Å². The molecule has 9 heteroatoms. The van der Waals surface area contributed by atoms with E-state index in [1.807, 2.05) is 0 Å². The zero-order valence-electron chi connectivity index (χ0n) is 18.0. The van der Waals surface area contributed by atoms with Gasteiger partial charge in [0, 0.05) is 24.5 Å². The van der Waals surface area contributed by atoms with E-state index in [1.54, 1.807) is 11.8 Å². The van der Waals surface area contributed by atoms with Crippen LogP contribution >= 0.6 is 15.9 Å². The van der Waals surface area contributed by atoms with Crippen molar-refractivity contribution in [1.29, 1.82) is 0 Å². The number of nitrogens with zero attached hydrogens (tertiary/aromatic N) is 2. The highest BCUT2D eigenvalue weighted by Gasteiger charge is 2.45. The van der Waals surface area contributed by atoms with Crippen LogP contribution in [0.5, 0.6) is 0 Å². The van der Waals surface area contributed by atoms with Crippen LogP contribution in [0.4, 0.5) is 4.79 Å². The number of alkyl halides is 1. The van der Waals surface area contributed by atoms with Crippen molar-refractivity contribution in [3.63, 3.8) is 0 Å². The molecule has 0 aromatic rings. The first-order valence-corrected chi connectivity index (χ1v) is 11.8. The van der Waals surface area contributed by atoms with Gasteiger partial charge in [0.15, 0.2) is 0 Å². The number of hydrogen-bond acceptors (Lipinski definition) is 7. The predicted molar refractivity (Wildman–Crippen MR) is 113 cm³/mol. The van der Waals surface area contributed by atoms with Crippen molar-refractivity contribution in [2.24, 2.45) is 17.8 Å². The van der Waals surface area contributed by atoms with Crippen molar-refractivity contribution >= 4 is 34.0 Å². The second-order valence-electron chi connectivity index (χ2n) is 8.65. The Morgan fingerprint density at radius 1 is 0.933 bits per heavy atom. The number of fused-ring (bicyclic) bond motifs is 1. The van der Waals surface area contributed by atoms with Crippen LogP contribution in [0.2, 0.25) is 0 Å². The standard InChI is InChI=1S/C21H33BrN2O6/c1-4-30-20(26)18-8-15-7-13(5-6-14(15)11-24(18)21(27)29-3)10-23-12-16(22)9-17(23)19(25)28-2/h13-18H,4-12H2,1-3H3/t13?,14?,15?,16-,17+,18?/m1/s1. The second-order valence-corrected chi connectivity index (χ2v) is 9.95. The summed E-state index contributed by atoms with van der Waals surface area (Å²) in [5.74, 6) is 0.668. The molecule has 2 heterocycles. The molecule has 8 nitrogen and oxygen atoms in total. The molecule has 0 N–H and O–H groups in total. The minimum absolute atomic E-state index is 0.167. The van der Waals surface area contributed by atoms with Gasteiger partial charge in [0.25, 0.3) is 0 Å². The highest BCUT2D eigenvalue weighted by atomic mass is 79.9. The summed E-state index contributed by atoms with van der Waals surface area (Å²) in [6, 6.07) is -0.774. The third-order valence-electron chi connectivity index (χ3n) is 6.87. The lowest BCUT2D eigenvalue weighted by Crippen LogP contribution is -2.55. The molecule has 1 aliphatic carbocycles. The van der Waals surface area contributed by atoms with E-state index in [0.29, 0.717) is 42.2 Å². The van der Waals surface area contributed by atoms with E-state index < -0.39 is 12.1 Å². The lowest BCUT2D eigenvalue weighted by Gasteiger charge is -2.46. The van der Waals surface area contributed by atoms with Crippen LogP contribution in [-0.4, -0.2) is 85.2 Å². The van der Waals surface area contributed by atoms with Gasteiger partial charge in [-0.15, -0.1) is 0 Å². The predicted octanol–water partition coefficient (Wildman–Crippen LogP) is 2.43. The first kappa shape index (κ1) is 23.3. The molecule has 30 heavy (non-hydrogen) atoms. The van der Waals surface area contributed by atoms with E-state index in [1.165, 1.54) is 14.2 Å². The molecule has 1 saturated carbocycles. The third kappa shape index (κ3) is 5.10. The van der Waals surface area contributed by atoms with Gasteiger partial charge in [-0.05, 0) is 56.8 Å². The number of likely N-dealkylation sites (tertiary alicyclic amines) is 2. The molecule has 0 aromatic heterocycles. The van der Waals surface area contributed by atoms with Gasteiger partial charge in [0.1, 0.15) is 12.1 Å². The fraction of sp³-hybridized carbons (Fsp3) is 0.857. The Morgan fingerprint density at radius 2 is 1.70 bits per heavy atom. The molecule has 3 aliphatic rings. The van der Waals surface area contributed by atoms with Gasteiger partial charge in [0.2, 0.25) is 0 Å². The fourth-order valence-corrected chi connectivity index (χ4v) is 6.18. The van der Waals surface area contributed by atoms with Crippen LogP contribution in [0.15, 0.2) is 0 Å². The highest BCUT2D eigenvalue weighted by molar-refractivity contribution is 9.09. The van der Waals surface area contributed by atoms with Crippen LogP contribution in [0, 0.1) is 17.8 Å². The lowest BCUT2D eigenvalue weighted by atomic mass is 9.69. The lowest BCUT2D eigenvalue weighted by molar-refractivity contribution is -0.152. The Balaban J connectivity index is 1.65. The zero-order valence-corrected chi connectivity index (χ0v) is 19.6. The van der Waals surface area contributed by atoms with E-state index >= 15 is 0 Å². The summed E-state index contributed by atoms with van der Waals surface area (Å²) < 4.78 is 15.1. The summed E-state index contributed by atoms with van der Waals surface area (Å²) in [6.07, 6.45) is 3.97. The van der Waals surface area contributed by atoms with Crippen molar-refractivity contribution in [2.75, 3.05) is 40.5 Å². The van der Waals surface area contributed by atoms with Gasteiger partial charge in [-0.25, -0.2) is 9.59 Å². The maximum Gasteiger partial charge on any atom is 0.410 e. The molecule has 0 bridgehead atoms. The molecular weight excluding hydrogens is 456 g/mol. The van der Waals surface area contributed by atoms with Crippen molar-refractivity contribution in [3.05, 3.63) is 0 Å². The Morgan fingerprint density at radius 3 is 2.37 bits per heavy atom. The number of methoxy groups -OCH3 is 2. The molecule has 0 aromatic carbocycles. The van der Waals surface area contributed by atoms with Gasteiger partial charge in [0.05, 0.1) is 20.8 Å². The summed E-state index contributed by atoms with van der Waals surface area (Å²) in [5, 5.41) is 0. The third-order valence-corrected chi connectivity index (χ3v) is 7.53. The molecule has 0 spiro atoms. The Labute approximate surface area is 186 Å². The Hall–Kier alpha value is -1.35. The van der Waals surface area contributed by atoms with Gasteiger partial charge < -0.3 is 14.2 Å². The van der Waals surface area contributed by atoms with E-state index in [4.69, 9.17) is 14.2 Å². The SMILES string of the molecule is CCOC(=O)C1CC2CC(CN3C[C@H](Br)C[C@H]3C(=O)OC)CCC2CN1C(=O)OC. The first-order chi connectivity index (χ1) is 14.4. The topological polar surface area (TPSA) is 85.4 Å². The number of ether oxygens (including phenoxy) is 3. The average molecular weight is 489 g/mol. The van der Waals surface area contributed by atoms with Crippen molar-refractivity contribution in [2.45, 2.75) is 55.9 Å². The quantitative estimate of drug-likeness (QED) is 0.333. The summed E-state index contributed by atoms with van der Waals surface area (Å²) in [7, 11) is 2.79. The molecule has 3 fully saturated rings. The van der Waals surface area contributed by atoms with E-state index in [0.717, 1.165) is 38.8 Å². The number of rotatable bonds is 5. The Bertz CT molecular complexity index is 647. The van der Waals surface area contributed by atoms with E-state index in [-0.39, 0.29) is 18.0 Å². The summed E-state index contributed by atoms with van der Waals surface area (Å²) in [6.45, 7) is 4.29. The molecule has 3 rings (SSSR count). The normalized spacial score (nSPS) is 34.2. The largest absolute Gasteiger partial charge is 0.468 e. The summed E-state index contributed by atoms with van der Waals surface area (Å²) in [4.78, 5) is 41.0. The number of amides is 1. The Kier molecular flexibility index (Phi) is 8.01. The molecule has 4 unspecified atom stereocenters. The second kappa shape index (κ2) is 10.3. The van der Waals surface area contributed by atoms with Crippen molar-refractivity contribution < 1.29 is 28.6 Å². The van der Waals surface area contributed by atoms with Crippen LogP contribution in [-0.2, 0) is 23.8 Å². The number of carbonyl (C=O) groups is 3. The van der Waals surface area contributed by atoms with Crippen LogP contribution < -0.4 is 0 Å². The van der Waals surface area contributed by atoms with Gasteiger partial charge >= 0.3 is 18.0 Å². The molecule has 6 atom stereocenters. The van der Waals surface area contributed by atoms with Crippen LogP contribution in [0.25, 0.3) is 0 Å². The van der Waals surface area contributed by atoms with Crippen molar-refractivity contribution in [1.82, 2.24) is 9.80 Å². The smallest absolute Gasteiger partial charge is 0.410 e. The van der Waals surface area contributed by atoms with Gasteiger partial charge in [-0.1, -0.05) is 15.9 Å². The molecule has 0 radical (unpaired) electrons. The summed E-state index contributed by atoms with van der Waals surface area (Å²) >= 11 is 3.65. The zero-order chi connectivity index (χ0) is 21.8. The minimum Gasteiger partial charge on any atom is -0.468 e. The minimum atomic E-state index is -0.584. The number of esters is 2. The van der Waals surface area contributed by atoms with E-state index in [9.17, 15) is 14.4 Å². The monoisotopic (exact) mass is 488 g/mol. The molecular formula is C21H33BrN2O6. The molecule has 2 aliphatic heterocycles. The summed E-state index contributed by atoms with van der Waals surface area (Å²) in [5.41, 5.74) is 0. The maximum absolute atomic E-state index is 12.5. The molecule has 170 valence electrons. The van der Waals surface area contributed by atoms with Crippen LogP contribution in [0.3, 0.4) is 0 Å². The molecule has 1 amide bonds. The van der Waals surface area contributed by atoms with Gasteiger partial charge in [-0.2, -0.15) is 0 Å². The maximum atomic E-state index is 12.5. The fourth-order valence-electron chi connectivity index (χ4n) is 5.46. The number of carbonyl (C=O) groups excluding carboxylic acids is 3. The molecule has 2 saturated heterocycles. The first-order valence-electron chi connectivity index (χ1n) is 10.8. The highest BCUT2D eigenvalue weighted by Crippen LogP contribution is 2.42. The van der Waals surface area contributed by atoms with Crippen LogP contribution in [0.1, 0.15) is 39.0 Å². The number of hydrogen-bond donors (Lipinski definition) is 0. The van der Waals surface area contributed by atoms with E-state index in [2.05, 4.69) is 20.8 Å². The number of piperidine rings is 1. The average Bonchev–Trinajstić information content (AvgIpc) is 3.11. The number of halogens is 1.